The largest absolute Gasteiger partial charge is 0.311 e. The van der Waals surface area contributed by atoms with Gasteiger partial charge in [0.25, 0.3) is 0 Å². The Hall–Kier alpha value is -0.580. The van der Waals surface area contributed by atoms with E-state index in [1.165, 1.54) is 11.8 Å². The van der Waals surface area contributed by atoms with Gasteiger partial charge in [-0.05, 0) is 5.41 Å². The molecule has 1 fully saturated rings. The maximum atomic E-state index is 4.83. The number of thioether (sulfide) groups is 1. The van der Waals surface area contributed by atoms with Crippen molar-refractivity contribution in [3.05, 3.63) is 22.8 Å². The average Bonchev–Trinajstić information content (AvgIpc) is 2.40. The van der Waals surface area contributed by atoms with Gasteiger partial charge in [0, 0.05) is 18.0 Å². The molecule has 0 aromatic heterocycles. The van der Waals surface area contributed by atoms with Gasteiger partial charge in [0.2, 0.25) is 0 Å². The van der Waals surface area contributed by atoms with Gasteiger partial charge >= 0.3 is 5.12 Å². The van der Waals surface area contributed by atoms with Crippen molar-refractivity contribution in [2.24, 2.45) is 4.99 Å². The minimum absolute atomic E-state index is 0.494. The highest BCUT2D eigenvalue weighted by Crippen LogP contribution is 2.56. The molecular formula is C6H3NO2S. The standard InChI is InChI=1S/C6H3NO2S/c1-4-3-10-6(8-9-6)5(4)2-7-1/h1-3H. The van der Waals surface area contributed by atoms with Crippen molar-refractivity contribution >= 4 is 18.0 Å². The average molecular weight is 153 g/mol. The van der Waals surface area contributed by atoms with Gasteiger partial charge < -0.3 is 0 Å². The SMILES string of the molecule is C1=NC=C2C1=CSC21OO1. The molecule has 0 aromatic carbocycles. The normalized spacial score (nSPS) is 30.4. The van der Waals surface area contributed by atoms with Crippen LogP contribution in [0.25, 0.3) is 0 Å². The summed E-state index contributed by atoms with van der Waals surface area (Å²) in [6, 6.07) is 0. The van der Waals surface area contributed by atoms with Crippen molar-refractivity contribution < 1.29 is 9.78 Å². The van der Waals surface area contributed by atoms with Crippen molar-refractivity contribution in [1.82, 2.24) is 0 Å². The van der Waals surface area contributed by atoms with E-state index < -0.39 is 5.12 Å². The van der Waals surface area contributed by atoms with E-state index in [0.717, 1.165) is 11.1 Å². The first-order valence-corrected chi connectivity index (χ1v) is 3.78. The van der Waals surface area contributed by atoms with Gasteiger partial charge in [-0.15, -0.1) is 0 Å². The fourth-order valence-corrected chi connectivity index (χ4v) is 1.94. The fraction of sp³-hybridized carbons (Fsp3) is 0.167. The molecule has 0 radical (unpaired) electrons. The Bertz CT molecular complexity index is 288. The third kappa shape index (κ3) is 0.438. The highest BCUT2D eigenvalue weighted by molar-refractivity contribution is 8.03. The monoisotopic (exact) mass is 153 g/mol. The summed E-state index contributed by atoms with van der Waals surface area (Å²) in [6.07, 6.45) is 3.58. The minimum atomic E-state index is -0.494. The topological polar surface area (TPSA) is 37.4 Å². The molecule has 0 saturated carbocycles. The summed E-state index contributed by atoms with van der Waals surface area (Å²) < 4.78 is 0. The van der Waals surface area contributed by atoms with Crippen LogP contribution in [0.2, 0.25) is 0 Å². The van der Waals surface area contributed by atoms with E-state index >= 15 is 0 Å². The Morgan fingerprint density at radius 2 is 2.40 bits per heavy atom. The van der Waals surface area contributed by atoms with E-state index in [0.29, 0.717) is 0 Å². The fourth-order valence-electron chi connectivity index (χ4n) is 1.06. The van der Waals surface area contributed by atoms with Crippen LogP contribution < -0.4 is 0 Å². The second-order valence-electron chi connectivity index (χ2n) is 2.23. The van der Waals surface area contributed by atoms with Crippen LogP contribution in [0.3, 0.4) is 0 Å². The second-order valence-corrected chi connectivity index (χ2v) is 3.24. The molecule has 0 unspecified atom stereocenters. The zero-order chi connectivity index (χ0) is 6.60. The van der Waals surface area contributed by atoms with Crippen molar-refractivity contribution in [2.75, 3.05) is 0 Å². The van der Waals surface area contributed by atoms with Gasteiger partial charge in [0.05, 0.1) is 5.57 Å². The van der Waals surface area contributed by atoms with E-state index in [-0.39, 0.29) is 0 Å². The van der Waals surface area contributed by atoms with Crippen molar-refractivity contribution in [3.8, 4) is 0 Å². The van der Waals surface area contributed by atoms with Gasteiger partial charge in [-0.2, -0.15) is 9.78 Å². The first kappa shape index (κ1) is 5.12. The van der Waals surface area contributed by atoms with Gasteiger partial charge in [-0.25, -0.2) is 0 Å². The maximum Gasteiger partial charge on any atom is 0.311 e. The zero-order valence-corrected chi connectivity index (χ0v) is 5.72. The predicted molar refractivity (Wildman–Crippen MR) is 37.2 cm³/mol. The van der Waals surface area contributed by atoms with Crippen molar-refractivity contribution in [1.29, 1.82) is 0 Å². The summed E-state index contributed by atoms with van der Waals surface area (Å²) in [6.45, 7) is 0. The van der Waals surface area contributed by atoms with Crippen molar-refractivity contribution in [2.45, 2.75) is 5.12 Å². The molecule has 0 N–H and O–H groups in total. The lowest BCUT2D eigenvalue weighted by Gasteiger charge is -1.93. The highest BCUT2D eigenvalue weighted by Gasteiger charge is 2.57. The molecule has 10 heavy (non-hydrogen) atoms. The smallest absolute Gasteiger partial charge is 0.264 e. The molecule has 0 aliphatic carbocycles. The summed E-state index contributed by atoms with van der Waals surface area (Å²) in [5, 5.41) is 1.50. The number of hydrogen-bond acceptors (Lipinski definition) is 4. The summed E-state index contributed by atoms with van der Waals surface area (Å²) in [4.78, 5) is 13.6. The first-order valence-electron chi connectivity index (χ1n) is 2.90. The molecule has 0 atom stereocenters. The molecule has 1 spiro atoms. The Morgan fingerprint density at radius 1 is 1.50 bits per heavy atom. The molecule has 3 aliphatic heterocycles. The number of hydrogen-bond donors (Lipinski definition) is 0. The highest BCUT2D eigenvalue weighted by atomic mass is 32.2. The van der Waals surface area contributed by atoms with Crippen LogP contribution in [0, 0.1) is 0 Å². The van der Waals surface area contributed by atoms with E-state index in [1.807, 2.05) is 11.6 Å². The van der Waals surface area contributed by atoms with Gasteiger partial charge in [0.15, 0.2) is 0 Å². The van der Waals surface area contributed by atoms with Gasteiger partial charge in [0.1, 0.15) is 0 Å². The van der Waals surface area contributed by atoms with Crippen LogP contribution >= 0.6 is 11.8 Å². The molecule has 3 nitrogen and oxygen atoms in total. The zero-order valence-electron chi connectivity index (χ0n) is 4.90. The molecule has 3 heterocycles. The number of fused-ring (bicyclic) bond motifs is 2. The summed E-state index contributed by atoms with van der Waals surface area (Å²) in [7, 11) is 0. The van der Waals surface area contributed by atoms with E-state index in [2.05, 4.69) is 4.99 Å². The Morgan fingerprint density at radius 3 is 3.20 bits per heavy atom. The molecule has 50 valence electrons. The van der Waals surface area contributed by atoms with Gasteiger partial charge in [-0.3, -0.25) is 4.99 Å². The number of rotatable bonds is 0. The number of aliphatic imine (C=N–C) groups is 1. The second kappa shape index (κ2) is 1.37. The van der Waals surface area contributed by atoms with Crippen LogP contribution in [0.1, 0.15) is 0 Å². The summed E-state index contributed by atoms with van der Waals surface area (Å²) >= 11 is 1.54. The number of nitrogens with zero attached hydrogens (tertiary/aromatic N) is 1. The molecule has 3 rings (SSSR count). The third-order valence-electron chi connectivity index (χ3n) is 1.63. The van der Waals surface area contributed by atoms with E-state index in [1.54, 1.807) is 6.20 Å². The Kier molecular flexibility index (Phi) is 0.700. The minimum Gasteiger partial charge on any atom is -0.264 e. The molecular weight excluding hydrogens is 150 g/mol. The molecule has 4 heteroatoms. The molecule has 0 bridgehead atoms. The quantitative estimate of drug-likeness (QED) is 0.387. The lowest BCUT2D eigenvalue weighted by molar-refractivity contribution is 0.0850. The van der Waals surface area contributed by atoms with E-state index in [9.17, 15) is 0 Å². The lowest BCUT2D eigenvalue weighted by atomic mass is 10.2. The van der Waals surface area contributed by atoms with Gasteiger partial charge in [-0.1, -0.05) is 11.8 Å². The molecule has 1 saturated heterocycles. The van der Waals surface area contributed by atoms with Crippen LogP contribution in [-0.4, -0.2) is 11.3 Å². The molecule has 0 aromatic rings. The van der Waals surface area contributed by atoms with Crippen LogP contribution in [0.15, 0.2) is 27.7 Å². The maximum absolute atomic E-state index is 4.83. The first-order chi connectivity index (χ1) is 4.91. The summed E-state index contributed by atoms with van der Waals surface area (Å²) in [5.74, 6) is 0. The predicted octanol–water partition coefficient (Wildman–Crippen LogP) is 1.20. The van der Waals surface area contributed by atoms with Crippen LogP contribution in [-0.2, 0) is 9.78 Å². The summed E-state index contributed by atoms with van der Waals surface area (Å²) in [5.41, 5.74) is 2.15. The van der Waals surface area contributed by atoms with E-state index in [4.69, 9.17) is 9.78 Å². The third-order valence-corrected chi connectivity index (χ3v) is 2.67. The molecule has 0 amide bonds. The molecule has 3 aliphatic rings. The Labute approximate surface area is 61.3 Å². The van der Waals surface area contributed by atoms with Crippen LogP contribution in [0.4, 0.5) is 0 Å². The van der Waals surface area contributed by atoms with Crippen molar-refractivity contribution in [3.63, 3.8) is 0 Å². The van der Waals surface area contributed by atoms with Crippen LogP contribution in [0.5, 0.6) is 0 Å². The lowest BCUT2D eigenvalue weighted by Crippen LogP contribution is -2.02. The Balaban J connectivity index is 2.15.